The van der Waals surface area contributed by atoms with Crippen molar-refractivity contribution in [3.05, 3.63) is 23.0 Å². The number of anilines is 1. The molecule has 0 aromatic heterocycles. The van der Waals surface area contributed by atoms with Crippen molar-refractivity contribution >= 4 is 33.3 Å². The smallest absolute Gasteiger partial charge is 0.328 e. The largest absolute Gasteiger partial charge is 0.399 e. The quantitative estimate of drug-likeness (QED) is 0.694. The van der Waals surface area contributed by atoms with Gasteiger partial charge in [0, 0.05) is 12.7 Å². The number of sulfonamides is 1. The molecule has 6 nitrogen and oxygen atoms in total. The molecule has 0 fully saturated rings. The molecule has 1 rings (SSSR count). The molecule has 1 aromatic rings. The number of benzene rings is 1. The lowest BCUT2D eigenvalue weighted by Gasteiger charge is -2.08. The van der Waals surface area contributed by atoms with Crippen molar-refractivity contribution in [1.82, 2.24) is 10.0 Å². The average molecular weight is 282 g/mol. The molecule has 0 unspecified atom stereocenters. The SMILES string of the molecule is CNC(=O)NS(=O)(=O)c1cc(N)cc(Cl)c1F. The molecule has 0 aliphatic rings. The van der Waals surface area contributed by atoms with E-state index in [1.165, 1.54) is 7.05 Å². The zero-order chi connectivity index (χ0) is 13.2. The normalized spacial score (nSPS) is 11.0. The van der Waals surface area contributed by atoms with E-state index in [2.05, 4.69) is 0 Å². The molecule has 0 saturated heterocycles. The van der Waals surface area contributed by atoms with Gasteiger partial charge in [0.1, 0.15) is 4.90 Å². The average Bonchev–Trinajstić information content (AvgIpc) is 2.22. The molecule has 0 heterocycles. The second-order valence-electron chi connectivity index (χ2n) is 3.00. The molecule has 0 spiro atoms. The Bertz CT molecular complexity index is 561. The van der Waals surface area contributed by atoms with E-state index in [0.29, 0.717) is 0 Å². The maximum Gasteiger partial charge on any atom is 0.328 e. The summed E-state index contributed by atoms with van der Waals surface area (Å²) in [4.78, 5) is 10.1. The summed E-state index contributed by atoms with van der Waals surface area (Å²) in [6.07, 6.45) is 0. The molecule has 94 valence electrons. The minimum absolute atomic E-state index is 0.0336. The van der Waals surface area contributed by atoms with Crippen LogP contribution in [-0.4, -0.2) is 21.5 Å². The minimum Gasteiger partial charge on any atom is -0.399 e. The number of halogens is 2. The Morgan fingerprint density at radius 2 is 2.06 bits per heavy atom. The number of nitrogens with two attached hydrogens (primary N) is 1. The zero-order valence-corrected chi connectivity index (χ0v) is 10.2. The van der Waals surface area contributed by atoms with Crippen LogP contribution >= 0.6 is 11.6 Å². The van der Waals surface area contributed by atoms with Crippen LogP contribution in [0.4, 0.5) is 14.9 Å². The fraction of sp³-hybridized carbons (Fsp3) is 0.125. The van der Waals surface area contributed by atoms with E-state index < -0.39 is 31.8 Å². The number of urea groups is 1. The van der Waals surface area contributed by atoms with Crippen LogP contribution in [0.1, 0.15) is 0 Å². The van der Waals surface area contributed by atoms with Crippen LogP contribution in [-0.2, 0) is 10.0 Å². The van der Waals surface area contributed by atoms with Crippen molar-refractivity contribution in [3.63, 3.8) is 0 Å². The van der Waals surface area contributed by atoms with Crippen molar-refractivity contribution < 1.29 is 17.6 Å². The molecule has 2 amide bonds. The number of nitrogens with one attached hydrogen (secondary N) is 2. The number of rotatable bonds is 2. The first kappa shape index (κ1) is 13.5. The monoisotopic (exact) mass is 281 g/mol. The Hall–Kier alpha value is -1.54. The molecule has 0 radical (unpaired) electrons. The minimum atomic E-state index is -4.35. The third-order valence-corrected chi connectivity index (χ3v) is 3.37. The number of carbonyl (C=O) groups is 1. The fourth-order valence-electron chi connectivity index (χ4n) is 1.01. The van der Waals surface area contributed by atoms with Gasteiger partial charge in [-0.15, -0.1) is 0 Å². The first-order chi connectivity index (χ1) is 7.77. The third-order valence-electron chi connectivity index (χ3n) is 1.76. The van der Waals surface area contributed by atoms with Gasteiger partial charge in [0.15, 0.2) is 5.82 Å². The second kappa shape index (κ2) is 4.76. The lowest BCUT2D eigenvalue weighted by atomic mass is 10.3. The van der Waals surface area contributed by atoms with Crippen molar-refractivity contribution in [3.8, 4) is 0 Å². The van der Waals surface area contributed by atoms with Crippen LogP contribution in [0, 0.1) is 5.82 Å². The van der Waals surface area contributed by atoms with Crippen molar-refractivity contribution in [2.45, 2.75) is 4.90 Å². The van der Waals surface area contributed by atoms with Crippen LogP contribution in [0.15, 0.2) is 17.0 Å². The van der Waals surface area contributed by atoms with Gasteiger partial charge in [-0.05, 0) is 12.1 Å². The second-order valence-corrected chi connectivity index (χ2v) is 5.06. The summed E-state index contributed by atoms with van der Waals surface area (Å²) in [6.45, 7) is 0. The molecule has 0 aliphatic carbocycles. The Morgan fingerprint density at radius 3 is 2.59 bits per heavy atom. The highest BCUT2D eigenvalue weighted by Crippen LogP contribution is 2.25. The van der Waals surface area contributed by atoms with E-state index >= 15 is 0 Å². The Kier molecular flexibility index (Phi) is 3.79. The number of nitrogen functional groups attached to an aromatic ring is 1. The summed E-state index contributed by atoms with van der Waals surface area (Å²) in [5.41, 5.74) is 5.31. The number of carbonyl (C=O) groups excluding carboxylic acids is 1. The fourth-order valence-corrected chi connectivity index (χ4v) is 2.38. The summed E-state index contributed by atoms with van der Waals surface area (Å²) >= 11 is 5.45. The molecule has 17 heavy (non-hydrogen) atoms. The predicted molar refractivity (Wildman–Crippen MR) is 60.6 cm³/mol. The van der Waals surface area contributed by atoms with Crippen LogP contribution < -0.4 is 15.8 Å². The Balaban J connectivity index is 3.29. The van der Waals surface area contributed by atoms with Crippen molar-refractivity contribution in [2.75, 3.05) is 12.8 Å². The van der Waals surface area contributed by atoms with Crippen LogP contribution in [0.3, 0.4) is 0 Å². The zero-order valence-electron chi connectivity index (χ0n) is 8.62. The van der Waals surface area contributed by atoms with Gasteiger partial charge in [-0.2, -0.15) is 0 Å². The van der Waals surface area contributed by atoms with Gasteiger partial charge >= 0.3 is 6.03 Å². The van der Waals surface area contributed by atoms with Gasteiger partial charge in [0.25, 0.3) is 10.0 Å². The van der Waals surface area contributed by atoms with Crippen LogP contribution in [0.25, 0.3) is 0 Å². The van der Waals surface area contributed by atoms with E-state index in [9.17, 15) is 17.6 Å². The van der Waals surface area contributed by atoms with Gasteiger partial charge < -0.3 is 11.1 Å². The summed E-state index contributed by atoms with van der Waals surface area (Å²) < 4.78 is 38.3. The molecule has 0 aliphatic heterocycles. The Morgan fingerprint density at radius 1 is 1.47 bits per heavy atom. The molecular weight excluding hydrogens is 273 g/mol. The highest BCUT2D eigenvalue weighted by Gasteiger charge is 2.23. The van der Waals surface area contributed by atoms with E-state index in [4.69, 9.17) is 17.3 Å². The maximum atomic E-state index is 13.5. The van der Waals surface area contributed by atoms with Gasteiger partial charge in [0.2, 0.25) is 0 Å². The van der Waals surface area contributed by atoms with E-state index in [1.54, 1.807) is 4.72 Å². The highest BCUT2D eigenvalue weighted by atomic mass is 35.5. The lowest BCUT2D eigenvalue weighted by Crippen LogP contribution is -2.37. The van der Waals surface area contributed by atoms with Crippen LogP contribution in [0.5, 0.6) is 0 Å². The number of hydrogen-bond acceptors (Lipinski definition) is 4. The van der Waals surface area contributed by atoms with E-state index in [-0.39, 0.29) is 5.69 Å². The number of hydrogen-bond donors (Lipinski definition) is 3. The predicted octanol–water partition coefficient (Wildman–Crippen LogP) is 0.679. The number of amides is 2. The lowest BCUT2D eigenvalue weighted by molar-refractivity contribution is 0.247. The summed E-state index contributed by atoms with van der Waals surface area (Å²) in [5.74, 6) is -1.17. The summed E-state index contributed by atoms with van der Waals surface area (Å²) in [5, 5.41) is 1.58. The highest BCUT2D eigenvalue weighted by molar-refractivity contribution is 7.90. The van der Waals surface area contributed by atoms with Crippen LogP contribution in [0.2, 0.25) is 5.02 Å². The summed E-state index contributed by atoms with van der Waals surface area (Å²) in [7, 11) is -3.13. The molecular formula is C8H9ClFN3O3S. The standard InChI is InChI=1S/C8H9ClFN3O3S/c1-12-8(14)13-17(15,16)6-3-4(11)2-5(9)7(6)10/h2-3H,11H2,1H3,(H2,12,13,14). The van der Waals surface area contributed by atoms with Gasteiger partial charge in [-0.25, -0.2) is 22.3 Å². The first-order valence-electron chi connectivity index (χ1n) is 4.27. The van der Waals surface area contributed by atoms with Crippen molar-refractivity contribution in [1.29, 1.82) is 0 Å². The van der Waals surface area contributed by atoms with E-state index in [1.807, 2.05) is 5.32 Å². The first-order valence-corrected chi connectivity index (χ1v) is 6.13. The maximum absolute atomic E-state index is 13.5. The molecule has 0 saturated carbocycles. The topological polar surface area (TPSA) is 101 Å². The van der Waals surface area contributed by atoms with Crippen molar-refractivity contribution in [2.24, 2.45) is 0 Å². The third kappa shape index (κ3) is 2.98. The Labute approximate surface area is 102 Å². The van der Waals surface area contributed by atoms with Gasteiger partial charge in [-0.3, -0.25) is 0 Å². The molecule has 0 bridgehead atoms. The molecule has 0 atom stereocenters. The molecule has 9 heteroatoms. The molecule has 1 aromatic carbocycles. The molecule has 4 N–H and O–H groups in total. The van der Waals surface area contributed by atoms with Gasteiger partial charge in [-0.1, -0.05) is 11.6 Å². The summed E-state index contributed by atoms with van der Waals surface area (Å²) in [6, 6.07) is 0.936. The van der Waals surface area contributed by atoms with Gasteiger partial charge in [0.05, 0.1) is 5.02 Å². The van der Waals surface area contributed by atoms with E-state index in [0.717, 1.165) is 12.1 Å².